The monoisotopic (exact) mass is 345 g/mol. The molecule has 1 heterocycles. The summed E-state index contributed by atoms with van der Waals surface area (Å²) in [7, 11) is 0. The molecule has 1 aliphatic heterocycles. The van der Waals surface area contributed by atoms with Crippen molar-refractivity contribution in [2.75, 3.05) is 19.7 Å². The van der Waals surface area contributed by atoms with Crippen molar-refractivity contribution >= 4 is 0 Å². The number of hydrogen-bond donors (Lipinski definition) is 4. The highest BCUT2D eigenvalue weighted by molar-refractivity contribution is 5.28. The van der Waals surface area contributed by atoms with E-state index >= 15 is 0 Å². The number of aliphatic hydroxyl groups excluding tert-OH is 4. The highest BCUT2D eigenvalue weighted by atomic mass is 19.1. The Balaban J connectivity index is 2.12. The molecular formula is C17H25F2NO4. The number of nitrogens with zero attached hydrogens (tertiary/aromatic N) is 1. The van der Waals surface area contributed by atoms with Crippen molar-refractivity contribution in [3.8, 4) is 0 Å². The lowest BCUT2D eigenvalue weighted by molar-refractivity contribution is -0.144. The first-order chi connectivity index (χ1) is 11.3. The molecule has 0 spiro atoms. The summed E-state index contributed by atoms with van der Waals surface area (Å²) in [6.45, 7) is 3.42. The van der Waals surface area contributed by atoms with Gasteiger partial charge in [-0.05, 0) is 30.0 Å². The zero-order chi connectivity index (χ0) is 18.0. The summed E-state index contributed by atoms with van der Waals surface area (Å²) in [5, 5.41) is 38.7. The van der Waals surface area contributed by atoms with Gasteiger partial charge in [-0.25, -0.2) is 8.78 Å². The average Bonchev–Trinajstić information content (AvgIpc) is 2.51. The van der Waals surface area contributed by atoms with Crippen LogP contribution < -0.4 is 0 Å². The van der Waals surface area contributed by atoms with Crippen LogP contribution in [0.1, 0.15) is 30.9 Å². The number of rotatable bonds is 5. The van der Waals surface area contributed by atoms with Gasteiger partial charge in [-0.3, -0.25) is 4.90 Å². The maximum absolute atomic E-state index is 14.2. The second-order valence-corrected chi connectivity index (χ2v) is 6.66. The standard InChI is InChI=1S/C17H25F2NO4/c1-9(2)10-5-12(18)11(13(19)6-10)3-4-20-7-15(22)17(24)16(23)14(20)8-21/h5-6,9,14-17,21-24H,3-4,7-8H2,1-2H3/t14-,15+,16-,17-/m1/s1. The third kappa shape index (κ3) is 3.92. The molecule has 0 saturated carbocycles. The Morgan fingerprint density at radius 3 is 2.21 bits per heavy atom. The first kappa shape index (κ1) is 19.2. The van der Waals surface area contributed by atoms with Gasteiger partial charge in [0.2, 0.25) is 0 Å². The first-order valence-corrected chi connectivity index (χ1v) is 8.13. The molecule has 7 heteroatoms. The minimum atomic E-state index is -1.35. The Labute approximate surface area is 140 Å². The number of halogens is 2. The predicted octanol–water partition coefficient (Wildman–Crippen LogP) is 0.390. The Morgan fingerprint density at radius 2 is 1.71 bits per heavy atom. The molecule has 1 aromatic rings. The summed E-state index contributed by atoms with van der Waals surface area (Å²) < 4.78 is 28.3. The number of β-amino-alcohol motifs (C(OH)–C–C–N with tert-alkyl or cyclic N) is 1. The molecule has 136 valence electrons. The fourth-order valence-electron chi connectivity index (χ4n) is 3.09. The van der Waals surface area contributed by atoms with Gasteiger partial charge >= 0.3 is 0 Å². The van der Waals surface area contributed by atoms with E-state index in [-0.39, 0.29) is 31.0 Å². The van der Waals surface area contributed by atoms with Gasteiger partial charge in [-0.1, -0.05) is 13.8 Å². The van der Waals surface area contributed by atoms with Crippen LogP contribution in [0.4, 0.5) is 8.78 Å². The lowest BCUT2D eigenvalue weighted by Crippen LogP contribution is -2.62. The highest BCUT2D eigenvalue weighted by Crippen LogP contribution is 2.23. The summed E-state index contributed by atoms with van der Waals surface area (Å²) in [6, 6.07) is 1.84. The third-order valence-electron chi connectivity index (χ3n) is 4.70. The molecule has 4 N–H and O–H groups in total. The van der Waals surface area contributed by atoms with Crippen LogP contribution in [0.25, 0.3) is 0 Å². The minimum absolute atomic E-state index is 0.00990. The normalized spacial score (nSPS) is 28.5. The van der Waals surface area contributed by atoms with Crippen LogP contribution in [0.2, 0.25) is 0 Å². The Hall–Kier alpha value is -1.12. The summed E-state index contributed by atoms with van der Waals surface area (Å²) in [5.74, 6) is -1.24. The van der Waals surface area contributed by atoms with Crippen LogP contribution >= 0.6 is 0 Å². The Kier molecular flexibility index (Phi) is 6.28. The zero-order valence-corrected chi connectivity index (χ0v) is 13.9. The van der Waals surface area contributed by atoms with Crippen molar-refractivity contribution in [3.63, 3.8) is 0 Å². The van der Waals surface area contributed by atoms with E-state index in [0.717, 1.165) is 0 Å². The predicted molar refractivity (Wildman–Crippen MR) is 84.6 cm³/mol. The molecule has 0 bridgehead atoms. The Bertz CT molecular complexity index is 547. The molecule has 1 fully saturated rings. The van der Waals surface area contributed by atoms with E-state index in [1.54, 1.807) is 0 Å². The molecule has 24 heavy (non-hydrogen) atoms. The molecule has 0 amide bonds. The third-order valence-corrected chi connectivity index (χ3v) is 4.70. The van der Waals surface area contributed by atoms with E-state index in [1.165, 1.54) is 17.0 Å². The van der Waals surface area contributed by atoms with Gasteiger partial charge in [0.05, 0.1) is 18.8 Å². The van der Waals surface area contributed by atoms with E-state index < -0.39 is 42.6 Å². The van der Waals surface area contributed by atoms with Crippen molar-refractivity contribution in [2.45, 2.75) is 50.5 Å². The van der Waals surface area contributed by atoms with Crippen LogP contribution in [-0.4, -0.2) is 69.4 Å². The summed E-state index contributed by atoms with van der Waals surface area (Å²) in [5.41, 5.74) is 0.514. The lowest BCUT2D eigenvalue weighted by atomic mass is 9.93. The highest BCUT2D eigenvalue weighted by Gasteiger charge is 2.40. The van der Waals surface area contributed by atoms with Gasteiger partial charge in [0, 0.05) is 18.7 Å². The minimum Gasteiger partial charge on any atom is -0.395 e. The number of aliphatic hydroxyl groups is 4. The van der Waals surface area contributed by atoms with Gasteiger partial charge in [-0.2, -0.15) is 0 Å². The molecule has 0 radical (unpaired) electrons. The smallest absolute Gasteiger partial charge is 0.129 e. The molecule has 1 saturated heterocycles. The van der Waals surface area contributed by atoms with Crippen LogP contribution in [0.15, 0.2) is 12.1 Å². The van der Waals surface area contributed by atoms with Gasteiger partial charge in [-0.15, -0.1) is 0 Å². The topological polar surface area (TPSA) is 84.2 Å². The molecule has 4 atom stereocenters. The molecule has 0 unspecified atom stereocenters. The lowest BCUT2D eigenvalue weighted by Gasteiger charge is -2.43. The molecular weight excluding hydrogens is 320 g/mol. The number of benzene rings is 1. The van der Waals surface area contributed by atoms with Crippen LogP contribution in [-0.2, 0) is 6.42 Å². The van der Waals surface area contributed by atoms with Crippen molar-refractivity contribution in [2.24, 2.45) is 0 Å². The number of hydrogen-bond acceptors (Lipinski definition) is 5. The Morgan fingerprint density at radius 1 is 1.12 bits per heavy atom. The molecule has 2 rings (SSSR count). The zero-order valence-electron chi connectivity index (χ0n) is 13.9. The summed E-state index contributed by atoms with van der Waals surface area (Å²) in [6.07, 6.45) is -3.82. The van der Waals surface area contributed by atoms with Crippen LogP contribution in [0, 0.1) is 11.6 Å². The van der Waals surface area contributed by atoms with Crippen molar-refractivity contribution in [1.82, 2.24) is 4.90 Å². The van der Waals surface area contributed by atoms with E-state index in [4.69, 9.17) is 0 Å². The van der Waals surface area contributed by atoms with Gasteiger partial charge in [0.15, 0.2) is 0 Å². The maximum Gasteiger partial charge on any atom is 0.129 e. The van der Waals surface area contributed by atoms with E-state index in [0.29, 0.717) is 5.56 Å². The number of likely N-dealkylation sites (tertiary alicyclic amines) is 1. The largest absolute Gasteiger partial charge is 0.395 e. The fourth-order valence-corrected chi connectivity index (χ4v) is 3.09. The fraction of sp³-hybridized carbons (Fsp3) is 0.647. The second kappa shape index (κ2) is 7.84. The second-order valence-electron chi connectivity index (χ2n) is 6.66. The van der Waals surface area contributed by atoms with Crippen molar-refractivity contribution in [1.29, 1.82) is 0 Å². The SMILES string of the molecule is CC(C)c1cc(F)c(CCN2C[C@H](O)[C@@H](O)[C@H](O)[C@H]2CO)c(F)c1. The maximum atomic E-state index is 14.2. The molecule has 1 aliphatic rings. The van der Waals surface area contributed by atoms with Crippen LogP contribution in [0.3, 0.4) is 0 Å². The van der Waals surface area contributed by atoms with E-state index in [1.807, 2.05) is 13.8 Å². The van der Waals surface area contributed by atoms with Crippen molar-refractivity contribution in [3.05, 3.63) is 34.9 Å². The molecule has 0 aliphatic carbocycles. The first-order valence-electron chi connectivity index (χ1n) is 8.13. The quantitative estimate of drug-likeness (QED) is 0.621. The molecule has 5 nitrogen and oxygen atoms in total. The van der Waals surface area contributed by atoms with Gasteiger partial charge in [0.1, 0.15) is 23.8 Å². The summed E-state index contributed by atoms with van der Waals surface area (Å²) in [4.78, 5) is 1.54. The van der Waals surface area contributed by atoms with Gasteiger partial charge < -0.3 is 20.4 Å². The van der Waals surface area contributed by atoms with Crippen molar-refractivity contribution < 1.29 is 29.2 Å². The van der Waals surface area contributed by atoms with Crippen LogP contribution in [0.5, 0.6) is 0 Å². The molecule has 0 aromatic heterocycles. The number of piperidine rings is 1. The van der Waals surface area contributed by atoms with E-state index in [2.05, 4.69) is 0 Å². The van der Waals surface area contributed by atoms with Gasteiger partial charge in [0.25, 0.3) is 0 Å². The average molecular weight is 345 g/mol. The molecule has 1 aromatic carbocycles. The van der Waals surface area contributed by atoms with E-state index in [9.17, 15) is 29.2 Å². The summed E-state index contributed by atoms with van der Waals surface area (Å²) >= 11 is 0.